The van der Waals surface area contributed by atoms with Gasteiger partial charge in [-0.3, -0.25) is 0 Å². The average molecular weight is 197 g/mol. The fourth-order valence-electron chi connectivity index (χ4n) is 1.40. The predicted molar refractivity (Wildman–Crippen MR) is 50.7 cm³/mol. The first-order valence-electron chi connectivity index (χ1n) is 4.55. The second-order valence-corrected chi connectivity index (χ2v) is 3.29. The molecule has 1 aromatic carbocycles. The van der Waals surface area contributed by atoms with Gasteiger partial charge in [0.1, 0.15) is 6.10 Å². The Hall–Kier alpha value is -1.29. The topological polar surface area (TPSA) is 44.5 Å². The number of anilines is 1. The van der Waals surface area contributed by atoms with Crippen molar-refractivity contribution in [1.29, 1.82) is 0 Å². The summed E-state index contributed by atoms with van der Waals surface area (Å²) in [6, 6.07) is 4.42. The third kappa shape index (κ3) is 1.96. The van der Waals surface area contributed by atoms with Gasteiger partial charge in [0.05, 0.1) is 13.2 Å². The molecule has 76 valence electrons. The lowest BCUT2D eigenvalue weighted by molar-refractivity contribution is 0.138. The summed E-state index contributed by atoms with van der Waals surface area (Å²) >= 11 is 0. The smallest absolute Gasteiger partial charge is 0.167 e. The van der Waals surface area contributed by atoms with Gasteiger partial charge in [-0.25, -0.2) is 4.39 Å². The van der Waals surface area contributed by atoms with Crippen LogP contribution in [0.5, 0.6) is 5.75 Å². The second-order valence-electron chi connectivity index (χ2n) is 3.29. The van der Waals surface area contributed by atoms with E-state index in [-0.39, 0.29) is 11.9 Å². The third-order valence-corrected chi connectivity index (χ3v) is 2.14. The van der Waals surface area contributed by atoms with Crippen LogP contribution in [0.2, 0.25) is 0 Å². The molecule has 1 saturated heterocycles. The molecule has 1 aliphatic rings. The Morgan fingerprint density at radius 3 is 3.00 bits per heavy atom. The summed E-state index contributed by atoms with van der Waals surface area (Å²) < 4.78 is 23.8. The summed E-state index contributed by atoms with van der Waals surface area (Å²) in [4.78, 5) is 0. The van der Waals surface area contributed by atoms with E-state index in [0.717, 1.165) is 6.42 Å². The fourth-order valence-corrected chi connectivity index (χ4v) is 1.40. The van der Waals surface area contributed by atoms with Crippen LogP contribution in [0.25, 0.3) is 0 Å². The summed E-state index contributed by atoms with van der Waals surface area (Å²) in [6.45, 7) is 1.21. The van der Waals surface area contributed by atoms with Crippen LogP contribution in [0.1, 0.15) is 6.42 Å². The van der Waals surface area contributed by atoms with Crippen LogP contribution < -0.4 is 10.5 Å². The van der Waals surface area contributed by atoms with E-state index >= 15 is 0 Å². The lowest BCUT2D eigenvalue weighted by Gasteiger charge is -2.12. The van der Waals surface area contributed by atoms with E-state index in [1.807, 2.05) is 0 Å². The van der Waals surface area contributed by atoms with E-state index in [4.69, 9.17) is 15.2 Å². The molecule has 1 aliphatic heterocycles. The Labute approximate surface area is 81.6 Å². The maximum absolute atomic E-state index is 13.3. The summed E-state index contributed by atoms with van der Waals surface area (Å²) in [5, 5.41) is 0. The minimum Gasteiger partial charge on any atom is -0.485 e. The van der Waals surface area contributed by atoms with Crippen LogP contribution in [0.3, 0.4) is 0 Å². The first-order chi connectivity index (χ1) is 6.75. The zero-order valence-electron chi connectivity index (χ0n) is 7.70. The molecule has 1 aromatic rings. The number of nitrogen functional groups attached to an aromatic ring is 1. The van der Waals surface area contributed by atoms with E-state index in [1.54, 1.807) is 12.1 Å². The predicted octanol–water partition coefficient (Wildman–Crippen LogP) is 1.58. The van der Waals surface area contributed by atoms with Crippen molar-refractivity contribution in [3.63, 3.8) is 0 Å². The van der Waals surface area contributed by atoms with Gasteiger partial charge in [0.25, 0.3) is 0 Å². The van der Waals surface area contributed by atoms with Gasteiger partial charge in [0.15, 0.2) is 11.6 Å². The van der Waals surface area contributed by atoms with Crippen molar-refractivity contribution in [2.75, 3.05) is 18.9 Å². The van der Waals surface area contributed by atoms with Gasteiger partial charge in [-0.05, 0) is 12.1 Å². The van der Waals surface area contributed by atoms with Crippen LogP contribution in [-0.4, -0.2) is 19.3 Å². The Kier molecular flexibility index (Phi) is 2.54. The van der Waals surface area contributed by atoms with Crippen molar-refractivity contribution >= 4 is 5.69 Å². The number of nitrogens with two attached hydrogens (primary N) is 1. The highest BCUT2D eigenvalue weighted by molar-refractivity contribution is 5.42. The van der Waals surface area contributed by atoms with Gasteiger partial charge >= 0.3 is 0 Å². The molecule has 2 rings (SSSR count). The molecule has 0 spiro atoms. The van der Waals surface area contributed by atoms with Crippen molar-refractivity contribution < 1.29 is 13.9 Å². The lowest BCUT2D eigenvalue weighted by atomic mass is 10.2. The van der Waals surface area contributed by atoms with Crippen LogP contribution in [0.4, 0.5) is 10.1 Å². The molecule has 14 heavy (non-hydrogen) atoms. The maximum Gasteiger partial charge on any atom is 0.167 e. The van der Waals surface area contributed by atoms with E-state index < -0.39 is 5.82 Å². The average Bonchev–Trinajstić information content (AvgIpc) is 2.62. The number of benzene rings is 1. The van der Waals surface area contributed by atoms with Gasteiger partial charge in [-0.2, -0.15) is 0 Å². The Balaban J connectivity index is 2.08. The van der Waals surface area contributed by atoms with Crippen molar-refractivity contribution in [3.8, 4) is 5.75 Å². The molecule has 0 amide bonds. The number of hydrogen-bond acceptors (Lipinski definition) is 3. The standard InChI is InChI=1S/C10H12FNO2/c11-9-5-7(12)1-2-10(9)14-8-3-4-13-6-8/h1-2,5,8H,3-4,6,12H2. The van der Waals surface area contributed by atoms with Crippen molar-refractivity contribution in [1.82, 2.24) is 0 Å². The maximum atomic E-state index is 13.3. The van der Waals surface area contributed by atoms with E-state index in [0.29, 0.717) is 18.9 Å². The number of halogens is 1. The molecule has 0 bridgehead atoms. The third-order valence-electron chi connectivity index (χ3n) is 2.14. The monoisotopic (exact) mass is 197 g/mol. The fraction of sp³-hybridized carbons (Fsp3) is 0.400. The van der Waals surface area contributed by atoms with Crippen LogP contribution in [-0.2, 0) is 4.74 Å². The van der Waals surface area contributed by atoms with Gasteiger partial charge in [0.2, 0.25) is 0 Å². The summed E-state index contributed by atoms with van der Waals surface area (Å²) in [5.74, 6) is -0.174. The van der Waals surface area contributed by atoms with Gasteiger partial charge in [0, 0.05) is 18.2 Å². The van der Waals surface area contributed by atoms with Crippen molar-refractivity contribution in [2.45, 2.75) is 12.5 Å². The quantitative estimate of drug-likeness (QED) is 0.732. The second kappa shape index (κ2) is 3.84. The van der Waals surface area contributed by atoms with E-state index in [9.17, 15) is 4.39 Å². The highest BCUT2D eigenvalue weighted by Gasteiger charge is 2.18. The molecule has 1 atom stereocenters. The Morgan fingerprint density at radius 2 is 2.36 bits per heavy atom. The molecule has 4 heteroatoms. The zero-order valence-corrected chi connectivity index (χ0v) is 7.70. The number of rotatable bonds is 2. The molecule has 0 aliphatic carbocycles. The number of hydrogen-bond donors (Lipinski definition) is 1. The summed E-state index contributed by atoms with van der Waals surface area (Å²) in [5.41, 5.74) is 5.82. The Bertz CT molecular complexity index is 324. The van der Waals surface area contributed by atoms with Gasteiger partial charge in [-0.15, -0.1) is 0 Å². The van der Waals surface area contributed by atoms with E-state index in [1.165, 1.54) is 6.07 Å². The molecule has 3 nitrogen and oxygen atoms in total. The minimum absolute atomic E-state index is 0.0341. The largest absolute Gasteiger partial charge is 0.485 e. The molecule has 1 unspecified atom stereocenters. The van der Waals surface area contributed by atoms with Gasteiger partial charge in [-0.1, -0.05) is 0 Å². The first kappa shape index (κ1) is 9.27. The van der Waals surface area contributed by atoms with Crippen LogP contribution in [0, 0.1) is 5.82 Å². The molecular formula is C10H12FNO2. The molecule has 0 aromatic heterocycles. The summed E-state index contributed by atoms with van der Waals surface area (Å²) in [7, 11) is 0. The molecule has 1 fully saturated rings. The highest BCUT2D eigenvalue weighted by atomic mass is 19.1. The lowest BCUT2D eigenvalue weighted by Crippen LogP contribution is -2.16. The normalized spacial score (nSPS) is 21.1. The molecular weight excluding hydrogens is 185 g/mol. The number of ether oxygens (including phenoxy) is 2. The SMILES string of the molecule is Nc1ccc(OC2CCOC2)c(F)c1. The molecule has 0 radical (unpaired) electrons. The Morgan fingerprint density at radius 1 is 1.50 bits per heavy atom. The van der Waals surface area contributed by atoms with Crippen LogP contribution >= 0.6 is 0 Å². The van der Waals surface area contributed by atoms with Gasteiger partial charge < -0.3 is 15.2 Å². The molecule has 2 N–H and O–H groups in total. The molecule has 0 saturated carbocycles. The minimum atomic E-state index is -0.420. The zero-order chi connectivity index (χ0) is 9.97. The highest BCUT2D eigenvalue weighted by Crippen LogP contribution is 2.22. The summed E-state index contributed by atoms with van der Waals surface area (Å²) in [6.07, 6.45) is 0.775. The van der Waals surface area contributed by atoms with Crippen molar-refractivity contribution in [2.24, 2.45) is 0 Å². The first-order valence-corrected chi connectivity index (χ1v) is 4.55. The van der Waals surface area contributed by atoms with Crippen LogP contribution in [0.15, 0.2) is 18.2 Å². The molecule has 1 heterocycles. The van der Waals surface area contributed by atoms with Crippen molar-refractivity contribution in [3.05, 3.63) is 24.0 Å². The van der Waals surface area contributed by atoms with E-state index in [2.05, 4.69) is 0 Å².